The topological polar surface area (TPSA) is 73.6 Å². The standard InChI is InChI=1S/C23H17F3O5S2/c1-16-14-17-12-13-22(27)30-20(17)15-21(16)32(18-8-4-2-5-9-18,19-10-6-3-7-11-19)31-33(28,29)23(24,25)26/h2-15H,1H3. The van der Waals surface area contributed by atoms with Crippen molar-refractivity contribution in [1.29, 1.82) is 0 Å². The maximum atomic E-state index is 13.6. The minimum absolute atomic E-state index is 0.0971. The normalized spacial score (nSPS) is 13.2. The third kappa shape index (κ3) is 4.17. The highest BCUT2D eigenvalue weighted by Gasteiger charge is 2.52. The molecule has 10 heteroatoms. The van der Waals surface area contributed by atoms with Gasteiger partial charge in [0.1, 0.15) is 5.58 Å². The van der Waals surface area contributed by atoms with E-state index in [9.17, 15) is 26.4 Å². The van der Waals surface area contributed by atoms with Gasteiger partial charge < -0.3 is 4.42 Å². The van der Waals surface area contributed by atoms with Gasteiger partial charge in [0.05, 0.1) is 0 Å². The molecule has 0 saturated heterocycles. The number of rotatable bonds is 5. The van der Waals surface area contributed by atoms with E-state index in [2.05, 4.69) is 0 Å². The molecular formula is C23H17F3O5S2. The average Bonchev–Trinajstić information content (AvgIpc) is 2.78. The van der Waals surface area contributed by atoms with Crippen molar-refractivity contribution in [3.05, 3.63) is 101 Å². The van der Waals surface area contributed by atoms with Crippen LogP contribution in [0.15, 0.2) is 109 Å². The van der Waals surface area contributed by atoms with Gasteiger partial charge in [-0.15, -0.1) is 0 Å². The first-order valence-corrected chi connectivity index (χ1v) is 12.5. The molecule has 3 aromatic carbocycles. The highest BCUT2D eigenvalue weighted by Crippen LogP contribution is 2.71. The Morgan fingerprint density at radius 2 is 1.36 bits per heavy atom. The van der Waals surface area contributed by atoms with Crippen molar-refractivity contribution >= 4 is 31.4 Å². The van der Waals surface area contributed by atoms with Crippen LogP contribution in [0.2, 0.25) is 0 Å². The van der Waals surface area contributed by atoms with Crippen molar-refractivity contribution in [1.82, 2.24) is 0 Å². The zero-order chi connectivity index (χ0) is 23.9. The fraction of sp³-hybridized carbons (Fsp3) is 0.0870. The summed E-state index contributed by atoms with van der Waals surface area (Å²) in [5.74, 6) is 0. The number of aryl methyl sites for hydroxylation is 1. The van der Waals surface area contributed by atoms with Crippen molar-refractivity contribution in [2.45, 2.75) is 27.1 Å². The van der Waals surface area contributed by atoms with Crippen LogP contribution in [0, 0.1) is 6.92 Å². The summed E-state index contributed by atoms with van der Waals surface area (Å²) in [6.45, 7) is 1.64. The molecule has 5 nitrogen and oxygen atoms in total. The van der Waals surface area contributed by atoms with Gasteiger partial charge in [-0.1, -0.05) is 36.4 Å². The van der Waals surface area contributed by atoms with Gasteiger partial charge in [-0.3, -0.25) is 0 Å². The number of hydrogen-bond donors (Lipinski definition) is 0. The molecule has 4 aromatic rings. The summed E-state index contributed by atoms with van der Waals surface area (Å²) in [6, 6.07) is 21.4. The molecule has 0 unspecified atom stereocenters. The summed E-state index contributed by atoms with van der Waals surface area (Å²) in [5, 5.41) is 0.531. The Morgan fingerprint density at radius 1 is 0.818 bits per heavy atom. The number of hydrogen-bond acceptors (Lipinski definition) is 5. The largest absolute Gasteiger partial charge is 0.524 e. The molecule has 0 aliphatic heterocycles. The third-order valence-corrected chi connectivity index (χ3v) is 9.88. The molecule has 0 radical (unpaired) electrons. The molecule has 172 valence electrons. The second-order valence-corrected chi connectivity index (χ2v) is 11.5. The van der Waals surface area contributed by atoms with Gasteiger partial charge in [-0.25, -0.2) is 4.79 Å². The highest BCUT2D eigenvalue weighted by molar-refractivity contribution is 8.33. The van der Waals surface area contributed by atoms with Crippen molar-refractivity contribution in [3.8, 4) is 0 Å². The predicted octanol–water partition coefficient (Wildman–Crippen LogP) is 6.16. The first-order chi connectivity index (χ1) is 15.5. The zero-order valence-corrected chi connectivity index (χ0v) is 18.7. The number of alkyl halides is 3. The maximum Gasteiger partial charge on any atom is 0.524 e. The number of halogens is 3. The van der Waals surface area contributed by atoms with Crippen LogP contribution in [-0.4, -0.2) is 13.9 Å². The molecule has 0 atom stereocenters. The second kappa shape index (κ2) is 8.36. The van der Waals surface area contributed by atoms with Gasteiger partial charge in [0, 0.05) is 26.1 Å². The van der Waals surface area contributed by atoms with Crippen LogP contribution >= 0.6 is 10.3 Å². The van der Waals surface area contributed by atoms with Gasteiger partial charge in [0.25, 0.3) is 0 Å². The highest BCUT2D eigenvalue weighted by atomic mass is 32.3. The van der Waals surface area contributed by atoms with Crippen LogP contribution in [-0.2, 0) is 13.7 Å². The Labute approximate surface area is 189 Å². The van der Waals surface area contributed by atoms with Gasteiger partial charge in [0.15, 0.2) is 0 Å². The zero-order valence-electron chi connectivity index (χ0n) is 17.1. The van der Waals surface area contributed by atoms with E-state index in [4.69, 9.17) is 8.05 Å². The van der Waals surface area contributed by atoms with Crippen molar-refractivity contribution < 1.29 is 29.6 Å². The van der Waals surface area contributed by atoms with Crippen molar-refractivity contribution in [3.63, 3.8) is 0 Å². The summed E-state index contributed by atoms with van der Waals surface area (Å²) in [6.07, 6.45) is 0. The quantitative estimate of drug-likeness (QED) is 0.245. The van der Waals surface area contributed by atoms with Gasteiger partial charge in [0.2, 0.25) is 0 Å². The van der Waals surface area contributed by atoms with Crippen LogP contribution in [0.25, 0.3) is 11.0 Å². The summed E-state index contributed by atoms with van der Waals surface area (Å²) in [5.41, 5.74) is -5.73. The lowest BCUT2D eigenvalue weighted by Crippen LogP contribution is -2.27. The van der Waals surface area contributed by atoms with Crippen LogP contribution in [0.4, 0.5) is 13.2 Å². The predicted molar refractivity (Wildman–Crippen MR) is 119 cm³/mol. The molecular weight excluding hydrogens is 477 g/mol. The van der Waals surface area contributed by atoms with E-state index in [0.29, 0.717) is 10.9 Å². The Kier molecular flexibility index (Phi) is 5.85. The summed E-state index contributed by atoms with van der Waals surface area (Å²) in [7, 11) is -9.51. The Balaban J connectivity index is 2.16. The minimum atomic E-state index is -6.03. The lowest BCUT2D eigenvalue weighted by atomic mass is 10.1. The van der Waals surface area contributed by atoms with Crippen molar-refractivity contribution in [2.24, 2.45) is 0 Å². The molecule has 0 fully saturated rings. The molecule has 0 saturated carbocycles. The molecule has 0 bridgehead atoms. The Bertz CT molecular complexity index is 1430. The van der Waals surface area contributed by atoms with Gasteiger partial charge in [-0.05, 0) is 65.3 Å². The molecule has 0 aliphatic carbocycles. The smallest absolute Gasteiger partial charge is 0.423 e. The van der Waals surface area contributed by atoms with Crippen LogP contribution in [0.1, 0.15) is 5.56 Å². The molecule has 0 spiro atoms. The van der Waals surface area contributed by atoms with Crippen molar-refractivity contribution in [2.75, 3.05) is 0 Å². The van der Waals surface area contributed by atoms with Gasteiger partial charge in [-0.2, -0.15) is 25.2 Å². The second-order valence-electron chi connectivity index (χ2n) is 7.06. The maximum absolute atomic E-state index is 13.6. The van der Waals surface area contributed by atoms with E-state index < -0.39 is 31.6 Å². The number of benzene rings is 3. The van der Waals surface area contributed by atoms with E-state index in [0.717, 1.165) is 0 Å². The lowest BCUT2D eigenvalue weighted by Gasteiger charge is -2.40. The van der Waals surface area contributed by atoms with E-state index in [1.807, 2.05) is 0 Å². The van der Waals surface area contributed by atoms with Crippen LogP contribution < -0.4 is 5.63 Å². The monoisotopic (exact) mass is 494 g/mol. The Morgan fingerprint density at radius 3 is 1.88 bits per heavy atom. The lowest BCUT2D eigenvalue weighted by molar-refractivity contribution is -0.0496. The molecule has 0 N–H and O–H groups in total. The summed E-state index contributed by atoms with van der Waals surface area (Å²) in [4.78, 5) is 12.4. The molecule has 33 heavy (non-hydrogen) atoms. The molecule has 0 aliphatic rings. The molecule has 1 heterocycles. The van der Waals surface area contributed by atoms with E-state index in [-0.39, 0.29) is 20.3 Å². The third-order valence-electron chi connectivity index (χ3n) is 4.85. The molecule has 4 rings (SSSR count). The summed E-state index contributed by atoms with van der Waals surface area (Å²) >= 11 is 0. The molecule has 1 aromatic heterocycles. The molecule has 0 amide bonds. The summed E-state index contributed by atoms with van der Waals surface area (Å²) < 4.78 is 76.0. The van der Waals surface area contributed by atoms with E-state index >= 15 is 0 Å². The van der Waals surface area contributed by atoms with Gasteiger partial charge >= 0.3 is 21.3 Å². The Hall–Kier alpha value is -3.08. The number of fused-ring (bicyclic) bond motifs is 1. The average molecular weight is 495 g/mol. The van der Waals surface area contributed by atoms with E-state index in [1.54, 1.807) is 49.4 Å². The first kappa shape index (κ1) is 23.1. The fourth-order valence-corrected chi connectivity index (χ4v) is 8.37. The first-order valence-electron chi connectivity index (χ1n) is 9.55. The fourth-order valence-electron chi connectivity index (χ4n) is 3.42. The van der Waals surface area contributed by atoms with Crippen LogP contribution in [0.5, 0.6) is 0 Å². The van der Waals surface area contributed by atoms with E-state index in [1.165, 1.54) is 42.5 Å². The SMILES string of the molecule is Cc1cc2ccc(=O)oc2cc1S(OS(=O)(=O)C(F)(F)F)(c1ccccc1)c1ccccc1. The minimum Gasteiger partial charge on any atom is -0.423 e. The van der Waals surface area contributed by atoms with Crippen LogP contribution in [0.3, 0.4) is 0 Å².